The molecule has 0 radical (unpaired) electrons. The molecule has 70 valence electrons. The number of piperidine rings is 2. The maximum Gasteiger partial charge on any atom is 0.0124 e. The molecular formula is C11H21N. The molecule has 0 aromatic carbocycles. The molecule has 1 unspecified atom stereocenters. The standard InChI is InChI=1S/C11H21N/c1-3-11-9-5-7-10(8-6-9)12(11)4-2/h9-11H,3-8H2,1-2H3. The Bertz CT molecular complexity index is 129. The van der Waals surface area contributed by atoms with Gasteiger partial charge in [-0.1, -0.05) is 13.8 Å². The van der Waals surface area contributed by atoms with Crippen LogP contribution in [0.3, 0.4) is 0 Å². The first kappa shape index (κ1) is 8.55. The highest BCUT2D eigenvalue weighted by molar-refractivity contribution is 4.94. The zero-order valence-corrected chi connectivity index (χ0v) is 8.42. The van der Waals surface area contributed by atoms with E-state index >= 15 is 0 Å². The van der Waals surface area contributed by atoms with Gasteiger partial charge < -0.3 is 0 Å². The summed E-state index contributed by atoms with van der Waals surface area (Å²) in [6.07, 6.45) is 7.36. The first-order valence-corrected chi connectivity index (χ1v) is 5.62. The molecular weight excluding hydrogens is 146 g/mol. The van der Waals surface area contributed by atoms with Crippen molar-refractivity contribution in [1.29, 1.82) is 0 Å². The molecule has 0 amide bonds. The minimum atomic E-state index is 0.933. The van der Waals surface area contributed by atoms with E-state index in [0.29, 0.717) is 0 Å². The van der Waals surface area contributed by atoms with Crippen LogP contribution in [0.4, 0.5) is 0 Å². The largest absolute Gasteiger partial charge is 0.297 e. The number of hydrogen-bond acceptors (Lipinski definition) is 1. The Balaban J connectivity index is 2.10. The lowest BCUT2D eigenvalue weighted by Gasteiger charge is -2.51. The molecule has 0 spiro atoms. The molecule has 3 aliphatic rings. The number of hydrogen-bond donors (Lipinski definition) is 0. The summed E-state index contributed by atoms with van der Waals surface area (Å²) in [6, 6.07) is 1.88. The first-order chi connectivity index (χ1) is 5.86. The second-order valence-electron chi connectivity index (χ2n) is 4.37. The lowest BCUT2D eigenvalue weighted by molar-refractivity contribution is -0.00982. The summed E-state index contributed by atoms with van der Waals surface area (Å²) in [4.78, 5) is 2.76. The third-order valence-electron chi connectivity index (χ3n) is 3.96. The summed E-state index contributed by atoms with van der Waals surface area (Å²) < 4.78 is 0. The molecule has 1 nitrogen and oxygen atoms in total. The van der Waals surface area contributed by atoms with Gasteiger partial charge in [-0.3, -0.25) is 4.90 Å². The Kier molecular flexibility index (Phi) is 2.40. The van der Waals surface area contributed by atoms with Gasteiger partial charge in [-0.2, -0.15) is 0 Å². The van der Waals surface area contributed by atoms with Crippen LogP contribution in [0, 0.1) is 5.92 Å². The summed E-state index contributed by atoms with van der Waals surface area (Å²) >= 11 is 0. The predicted octanol–water partition coefficient (Wildman–Crippen LogP) is 2.66. The van der Waals surface area contributed by atoms with Gasteiger partial charge in [0, 0.05) is 12.1 Å². The quantitative estimate of drug-likeness (QED) is 0.611. The highest BCUT2D eigenvalue weighted by Gasteiger charge is 2.39. The molecule has 1 saturated carbocycles. The molecule has 0 N–H and O–H groups in total. The van der Waals surface area contributed by atoms with Gasteiger partial charge in [0.1, 0.15) is 0 Å². The van der Waals surface area contributed by atoms with Gasteiger partial charge in [0.2, 0.25) is 0 Å². The van der Waals surface area contributed by atoms with E-state index in [1.165, 1.54) is 38.6 Å². The summed E-state index contributed by atoms with van der Waals surface area (Å²) in [5.41, 5.74) is 0. The first-order valence-electron chi connectivity index (χ1n) is 5.62. The van der Waals surface area contributed by atoms with Crippen molar-refractivity contribution in [3.63, 3.8) is 0 Å². The molecule has 3 rings (SSSR count). The van der Waals surface area contributed by atoms with Crippen molar-refractivity contribution in [2.75, 3.05) is 6.54 Å². The van der Waals surface area contributed by atoms with Gasteiger partial charge >= 0.3 is 0 Å². The molecule has 2 bridgehead atoms. The topological polar surface area (TPSA) is 3.24 Å². The molecule has 2 heterocycles. The Morgan fingerprint density at radius 2 is 1.75 bits per heavy atom. The summed E-state index contributed by atoms with van der Waals surface area (Å²) in [5.74, 6) is 1.04. The van der Waals surface area contributed by atoms with E-state index in [1.807, 2.05) is 0 Å². The van der Waals surface area contributed by atoms with Crippen molar-refractivity contribution < 1.29 is 0 Å². The maximum atomic E-state index is 2.76. The lowest BCUT2D eigenvalue weighted by Crippen LogP contribution is -2.54. The van der Waals surface area contributed by atoms with Crippen LogP contribution in [-0.2, 0) is 0 Å². The third-order valence-corrected chi connectivity index (χ3v) is 3.96. The fraction of sp³-hybridized carbons (Fsp3) is 1.00. The van der Waals surface area contributed by atoms with Crippen LogP contribution >= 0.6 is 0 Å². The van der Waals surface area contributed by atoms with E-state index in [0.717, 1.165) is 18.0 Å². The van der Waals surface area contributed by atoms with Gasteiger partial charge in [-0.25, -0.2) is 0 Å². The molecule has 1 atom stereocenters. The van der Waals surface area contributed by atoms with E-state index in [9.17, 15) is 0 Å². The van der Waals surface area contributed by atoms with Crippen LogP contribution in [0.5, 0.6) is 0 Å². The zero-order chi connectivity index (χ0) is 8.55. The Morgan fingerprint density at radius 3 is 2.17 bits per heavy atom. The fourth-order valence-electron chi connectivity index (χ4n) is 3.42. The average Bonchev–Trinajstić information content (AvgIpc) is 2.18. The van der Waals surface area contributed by atoms with Gasteiger partial charge in [-0.15, -0.1) is 0 Å². The second-order valence-corrected chi connectivity index (χ2v) is 4.37. The van der Waals surface area contributed by atoms with Crippen molar-refractivity contribution in [1.82, 2.24) is 4.90 Å². The van der Waals surface area contributed by atoms with Gasteiger partial charge in [-0.05, 0) is 44.6 Å². The smallest absolute Gasteiger partial charge is 0.0124 e. The zero-order valence-electron chi connectivity index (χ0n) is 8.42. The second kappa shape index (κ2) is 3.37. The molecule has 0 aromatic rings. The van der Waals surface area contributed by atoms with Crippen molar-refractivity contribution in [2.45, 2.75) is 58.0 Å². The summed E-state index contributed by atoms with van der Waals surface area (Å²) in [5, 5.41) is 0. The fourth-order valence-corrected chi connectivity index (χ4v) is 3.42. The van der Waals surface area contributed by atoms with Crippen LogP contribution in [0.25, 0.3) is 0 Å². The summed E-state index contributed by atoms with van der Waals surface area (Å²) in [6.45, 7) is 5.96. The van der Waals surface area contributed by atoms with Crippen LogP contribution in [0.1, 0.15) is 46.0 Å². The van der Waals surface area contributed by atoms with Gasteiger partial charge in [0.25, 0.3) is 0 Å². The third kappa shape index (κ3) is 1.19. The molecule has 2 aliphatic heterocycles. The monoisotopic (exact) mass is 167 g/mol. The Hall–Kier alpha value is -0.0400. The molecule has 1 heteroatoms. The van der Waals surface area contributed by atoms with Crippen molar-refractivity contribution in [2.24, 2.45) is 5.92 Å². The van der Waals surface area contributed by atoms with E-state index in [-0.39, 0.29) is 0 Å². The molecule has 2 saturated heterocycles. The van der Waals surface area contributed by atoms with Crippen molar-refractivity contribution in [3.8, 4) is 0 Å². The van der Waals surface area contributed by atoms with E-state index in [1.54, 1.807) is 0 Å². The minimum absolute atomic E-state index is 0.933. The number of fused-ring (bicyclic) bond motifs is 3. The van der Waals surface area contributed by atoms with E-state index in [2.05, 4.69) is 18.7 Å². The van der Waals surface area contributed by atoms with E-state index < -0.39 is 0 Å². The van der Waals surface area contributed by atoms with Gasteiger partial charge in [0.15, 0.2) is 0 Å². The van der Waals surface area contributed by atoms with Crippen molar-refractivity contribution >= 4 is 0 Å². The van der Waals surface area contributed by atoms with Crippen LogP contribution in [-0.4, -0.2) is 23.5 Å². The number of rotatable bonds is 2. The SMILES string of the molecule is CCC1C2CCC(CC2)N1CC. The lowest BCUT2D eigenvalue weighted by atomic mass is 9.74. The maximum absolute atomic E-state index is 2.76. The summed E-state index contributed by atoms with van der Waals surface area (Å²) in [7, 11) is 0. The molecule has 3 fully saturated rings. The van der Waals surface area contributed by atoms with Crippen LogP contribution in [0.2, 0.25) is 0 Å². The predicted molar refractivity (Wildman–Crippen MR) is 52.2 cm³/mol. The highest BCUT2D eigenvalue weighted by Crippen LogP contribution is 2.40. The average molecular weight is 167 g/mol. The van der Waals surface area contributed by atoms with E-state index in [4.69, 9.17) is 0 Å². The van der Waals surface area contributed by atoms with Crippen LogP contribution < -0.4 is 0 Å². The van der Waals surface area contributed by atoms with Gasteiger partial charge in [0.05, 0.1) is 0 Å². The van der Waals surface area contributed by atoms with Crippen LogP contribution in [0.15, 0.2) is 0 Å². The minimum Gasteiger partial charge on any atom is -0.297 e. The highest BCUT2D eigenvalue weighted by atomic mass is 15.2. The normalized spacial score (nSPS) is 42.0. The molecule has 1 aliphatic carbocycles. The van der Waals surface area contributed by atoms with Crippen molar-refractivity contribution in [3.05, 3.63) is 0 Å². The Labute approximate surface area is 76.1 Å². The molecule has 0 aromatic heterocycles. The number of nitrogens with zero attached hydrogens (tertiary/aromatic N) is 1. The Morgan fingerprint density at radius 1 is 1.08 bits per heavy atom. The molecule has 12 heavy (non-hydrogen) atoms.